The molecule has 2 amide bonds. The number of hydrogen-bond acceptors (Lipinski definition) is 2. The first kappa shape index (κ1) is 20.5. The van der Waals surface area contributed by atoms with E-state index in [0.717, 1.165) is 11.1 Å². The lowest BCUT2D eigenvalue weighted by Crippen LogP contribution is -2.46. The first-order valence-electron chi connectivity index (χ1n) is 9.50. The van der Waals surface area contributed by atoms with Crippen LogP contribution < -0.4 is 0 Å². The molecule has 0 radical (unpaired) electrons. The maximum Gasteiger partial charge on any atom is 0.234 e. The molecule has 0 unspecified atom stereocenters. The molecule has 148 valence electrons. The third-order valence-electron chi connectivity index (χ3n) is 5.17. The molecule has 0 N–H and O–H groups in total. The Labute approximate surface area is 170 Å². The van der Waals surface area contributed by atoms with Gasteiger partial charge in [0.25, 0.3) is 0 Å². The fraction of sp³-hybridized carbons (Fsp3) is 0.391. The summed E-state index contributed by atoms with van der Waals surface area (Å²) in [6.45, 7) is 7.36. The summed E-state index contributed by atoms with van der Waals surface area (Å²) in [7, 11) is 0. The molecule has 3 nitrogen and oxygen atoms in total. The van der Waals surface area contributed by atoms with Gasteiger partial charge in [-0.3, -0.25) is 14.5 Å². The number of benzene rings is 2. The molecule has 2 aromatic carbocycles. The van der Waals surface area contributed by atoms with Crippen molar-refractivity contribution < 1.29 is 14.0 Å². The summed E-state index contributed by atoms with van der Waals surface area (Å²) in [6, 6.07) is 11.9. The Morgan fingerprint density at radius 3 is 2.43 bits per heavy atom. The number of carbonyl (C=O) groups is 2. The van der Waals surface area contributed by atoms with Crippen LogP contribution in [-0.2, 0) is 16.0 Å². The Kier molecular flexibility index (Phi) is 5.62. The minimum Gasteiger partial charge on any atom is -0.278 e. The van der Waals surface area contributed by atoms with E-state index in [4.69, 9.17) is 11.6 Å². The van der Waals surface area contributed by atoms with Gasteiger partial charge in [-0.05, 0) is 42.2 Å². The first-order valence-corrected chi connectivity index (χ1v) is 9.87. The van der Waals surface area contributed by atoms with Gasteiger partial charge in [0.05, 0.1) is 0 Å². The second kappa shape index (κ2) is 7.67. The van der Waals surface area contributed by atoms with Crippen LogP contribution in [0.3, 0.4) is 0 Å². The number of carbonyl (C=O) groups excluding carboxylic acids is 2. The highest BCUT2D eigenvalue weighted by Crippen LogP contribution is 2.32. The smallest absolute Gasteiger partial charge is 0.234 e. The maximum atomic E-state index is 14.1. The van der Waals surface area contributed by atoms with Crippen LogP contribution in [0.5, 0.6) is 0 Å². The molecule has 0 spiro atoms. The SMILES string of the molecule is C[C@@H]1C[C@@H](Cc2ccc(-c3cc(Cl)ccc3F)cc2)N(C(=O)C(C)(C)C)C1=O. The lowest BCUT2D eigenvalue weighted by atomic mass is 9.93. The average Bonchev–Trinajstić information content (AvgIpc) is 2.90. The van der Waals surface area contributed by atoms with Crippen molar-refractivity contribution in [3.63, 3.8) is 0 Å². The van der Waals surface area contributed by atoms with Gasteiger partial charge in [-0.25, -0.2) is 4.39 Å². The summed E-state index contributed by atoms with van der Waals surface area (Å²) in [5, 5.41) is 0.482. The molecule has 2 aromatic rings. The molecule has 28 heavy (non-hydrogen) atoms. The molecule has 3 rings (SSSR count). The van der Waals surface area contributed by atoms with Crippen molar-refractivity contribution in [3.8, 4) is 11.1 Å². The Bertz CT molecular complexity index is 902. The normalized spacial score (nSPS) is 19.9. The average molecular weight is 402 g/mol. The highest BCUT2D eigenvalue weighted by molar-refractivity contribution is 6.30. The molecule has 1 heterocycles. The van der Waals surface area contributed by atoms with E-state index in [2.05, 4.69) is 0 Å². The highest BCUT2D eigenvalue weighted by Gasteiger charge is 2.43. The number of amides is 2. The molecule has 0 aliphatic carbocycles. The van der Waals surface area contributed by atoms with Gasteiger partial charge in [-0.15, -0.1) is 0 Å². The van der Waals surface area contributed by atoms with Gasteiger partial charge in [0.1, 0.15) is 5.82 Å². The maximum absolute atomic E-state index is 14.1. The van der Waals surface area contributed by atoms with Crippen LogP contribution in [0.25, 0.3) is 11.1 Å². The van der Waals surface area contributed by atoms with Gasteiger partial charge in [0.15, 0.2) is 0 Å². The number of nitrogens with zero attached hydrogens (tertiary/aromatic N) is 1. The van der Waals surface area contributed by atoms with E-state index in [1.54, 1.807) is 6.07 Å². The van der Waals surface area contributed by atoms with E-state index < -0.39 is 5.41 Å². The number of halogens is 2. The summed E-state index contributed by atoms with van der Waals surface area (Å²) in [5.74, 6) is -0.711. The Hall–Kier alpha value is -2.20. The van der Waals surface area contributed by atoms with Gasteiger partial charge in [0, 0.05) is 28.0 Å². The van der Waals surface area contributed by atoms with Crippen LogP contribution in [0.2, 0.25) is 5.02 Å². The van der Waals surface area contributed by atoms with Crippen LogP contribution in [0.15, 0.2) is 42.5 Å². The number of imide groups is 1. The van der Waals surface area contributed by atoms with E-state index in [9.17, 15) is 14.0 Å². The van der Waals surface area contributed by atoms with Gasteiger partial charge in [-0.1, -0.05) is 63.6 Å². The Morgan fingerprint density at radius 1 is 1.18 bits per heavy atom. The number of hydrogen-bond donors (Lipinski definition) is 0. The topological polar surface area (TPSA) is 37.4 Å². The molecule has 1 aliphatic rings. The van der Waals surface area contributed by atoms with Crippen molar-refractivity contribution in [2.75, 3.05) is 0 Å². The van der Waals surface area contributed by atoms with Gasteiger partial charge in [0.2, 0.25) is 11.8 Å². The standard InChI is InChI=1S/C23H25ClFNO2/c1-14-11-18(26(21(14)27)22(28)23(2,3)4)12-15-5-7-16(8-6-15)19-13-17(24)9-10-20(19)25/h5-10,13-14,18H,11-12H2,1-4H3/t14-,18+/m1/s1. The molecule has 1 saturated heterocycles. The zero-order valence-electron chi connectivity index (χ0n) is 16.6. The lowest BCUT2D eigenvalue weighted by Gasteiger charge is -2.29. The van der Waals surface area contributed by atoms with Crippen molar-refractivity contribution in [1.82, 2.24) is 4.90 Å². The largest absolute Gasteiger partial charge is 0.278 e. The minimum absolute atomic E-state index is 0.0949. The van der Waals surface area contributed by atoms with E-state index >= 15 is 0 Å². The summed E-state index contributed by atoms with van der Waals surface area (Å²) in [5.41, 5.74) is 1.59. The molecule has 1 aliphatic heterocycles. The Morgan fingerprint density at radius 2 is 1.82 bits per heavy atom. The van der Waals surface area contributed by atoms with Crippen LogP contribution >= 0.6 is 11.6 Å². The Balaban J connectivity index is 1.82. The van der Waals surface area contributed by atoms with Crippen LogP contribution in [0.1, 0.15) is 39.7 Å². The first-order chi connectivity index (χ1) is 13.1. The van der Waals surface area contributed by atoms with E-state index in [-0.39, 0.29) is 29.6 Å². The minimum atomic E-state index is -0.605. The third-order valence-corrected chi connectivity index (χ3v) is 5.41. The summed E-state index contributed by atoms with van der Waals surface area (Å²) >= 11 is 5.99. The van der Waals surface area contributed by atoms with E-state index in [1.807, 2.05) is 52.0 Å². The molecule has 2 atom stereocenters. The fourth-order valence-corrected chi connectivity index (χ4v) is 3.82. The van der Waals surface area contributed by atoms with Crippen LogP contribution in [0, 0.1) is 17.2 Å². The van der Waals surface area contributed by atoms with Crippen molar-refractivity contribution in [3.05, 3.63) is 58.9 Å². The van der Waals surface area contributed by atoms with Crippen LogP contribution in [0.4, 0.5) is 4.39 Å². The predicted molar refractivity (Wildman–Crippen MR) is 109 cm³/mol. The zero-order chi connectivity index (χ0) is 20.6. The molecule has 1 fully saturated rings. The second-order valence-corrected chi connectivity index (χ2v) is 9.02. The van der Waals surface area contributed by atoms with Gasteiger partial charge < -0.3 is 0 Å². The van der Waals surface area contributed by atoms with Crippen molar-refractivity contribution in [1.29, 1.82) is 0 Å². The quantitative estimate of drug-likeness (QED) is 0.681. The highest BCUT2D eigenvalue weighted by atomic mass is 35.5. The predicted octanol–water partition coefficient (Wildman–Crippen LogP) is 5.50. The summed E-state index contributed by atoms with van der Waals surface area (Å²) in [6.07, 6.45) is 1.25. The summed E-state index contributed by atoms with van der Waals surface area (Å²) in [4.78, 5) is 26.8. The van der Waals surface area contributed by atoms with Gasteiger partial charge >= 0.3 is 0 Å². The van der Waals surface area contributed by atoms with Crippen LogP contribution in [-0.4, -0.2) is 22.8 Å². The fourth-order valence-electron chi connectivity index (χ4n) is 3.64. The third kappa shape index (κ3) is 4.12. The monoisotopic (exact) mass is 401 g/mol. The molecule has 0 bridgehead atoms. The van der Waals surface area contributed by atoms with Crippen molar-refractivity contribution in [2.24, 2.45) is 11.3 Å². The number of likely N-dealkylation sites (tertiary alicyclic amines) is 1. The molecule has 0 saturated carbocycles. The molecule has 0 aromatic heterocycles. The zero-order valence-corrected chi connectivity index (χ0v) is 17.4. The van der Waals surface area contributed by atoms with Crippen molar-refractivity contribution in [2.45, 2.75) is 46.6 Å². The van der Waals surface area contributed by atoms with E-state index in [1.165, 1.54) is 17.0 Å². The van der Waals surface area contributed by atoms with Gasteiger partial charge in [-0.2, -0.15) is 0 Å². The van der Waals surface area contributed by atoms with E-state index in [0.29, 0.717) is 23.4 Å². The van der Waals surface area contributed by atoms with Crippen molar-refractivity contribution >= 4 is 23.4 Å². The molecule has 5 heteroatoms. The molecular formula is C23H25ClFNO2. The second-order valence-electron chi connectivity index (χ2n) is 8.58. The number of rotatable bonds is 3. The lowest BCUT2D eigenvalue weighted by molar-refractivity contribution is -0.150. The summed E-state index contributed by atoms with van der Waals surface area (Å²) < 4.78 is 14.1. The molecular weight excluding hydrogens is 377 g/mol.